The SMILES string of the molecule is CN(Cc1ncn(C)n1)c1nn2c(-c3ccccc3)nnc2cc1C1CCC1. The highest BCUT2D eigenvalue weighted by atomic mass is 15.4. The molecule has 3 aromatic heterocycles. The molecular formula is C20H22N8. The van der Waals surface area contributed by atoms with Crippen molar-refractivity contribution in [1.29, 1.82) is 0 Å². The molecule has 8 heteroatoms. The van der Waals surface area contributed by atoms with Crippen molar-refractivity contribution in [3.63, 3.8) is 0 Å². The summed E-state index contributed by atoms with van der Waals surface area (Å²) in [6, 6.07) is 12.2. The van der Waals surface area contributed by atoms with Gasteiger partial charge in [0.1, 0.15) is 6.33 Å². The van der Waals surface area contributed by atoms with E-state index >= 15 is 0 Å². The van der Waals surface area contributed by atoms with Crippen LogP contribution in [0.3, 0.4) is 0 Å². The third kappa shape index (κ3) is 2.90. The van der Waals surface area contributed by atoms with E-state index in [-0.39, 0.29) is 0 Å². The Hall–Kier alpha value is -3.29. The number of nitrogens with zero attached hydrogens (tertiary/aromatic N) is 8. The molecule has 4 aromatic rings. The number of aryl methyl sites for hydroxylation is 1. The average molecular weight is 374 g/mol. The van der Waals surface area contributed by atoms with Crippen LogP contribution in [-0.4, -0.2) is 41.6 Å². The van der Waals surface area contributed by atoms with Crippen LogP contribution in [0.2, 0.25) is 0 Å². The molecule has 1 aliphatic carbocycles. The molecule has 0 bridgehead atoms. The highest BCUT2D eigenvalue weighted by Crippen LogP contribution is 2.40. The minimum atomic E-state index is 0.531. The van der Waals surface area contributed by atoms with Gasteiger partial charge < -0.3 is 4.90 Å². The molecular weight excluding hydrogens is 352 g/mol. The maximum Gasteiger partial charge on any atom is 0.185 e. The first-order chi connectivity index (χ1) is 13.7. The molecule has 0 radical (unpaired) electrons. The zero-order valence-corrected chi connectivity index (χ0v) is 16.0. The van der Waals surface area contributed by atoms with E-state index in [0.29, 0.717) is 12.5 Å². The summed E-state index contributed by atoms with van der Waals surface area (Å²) in [5.74, 6) is 3.00. The molecule has 1 fully saturated rings. The van der Waals surface area contributed by atoms with Gasteiger partial charge in [0.2, 0.25) is 0 Å². The van der Waals surface area contributed by atoms with Crippen LogP contribution in [0.5, 0.6) is 0 Å². The third-order valence-corrected chi connectivity index (χ3v) is 5.37. The Balaban J connectivity index is 1.60. The van der Waals surface area contributed by atoms with Crippen molar-refractivity contribution in [3.8, 4) is 11.4 Å². The van der Waals surface area contributed by atoms with Crippen molar-refractivity contribution >= 4 is 11.5 Å². The number of benzene rings is 1. The molecule has 1 aromatic carbocycles. The lowest BCUT2D eigenvalue weighted by Gasteiger charge is -2.30. The van der Waals surface area contributed by atoms with E-state index in [2.05, 4.69) is 31.2 Å². The number of hydrogen-bond acceptors (Lipinski definition) is 6. The molecule has 142 valence electrons. The van der Waals surface area contributed by atoms with Crippen LogP contribution in [0, 0.1) is 0 Å². The summed E-state index contributed by atoms with van der Waals surface area (Å²) in [7, 11) is 3.92. The monoisotopic (exact) mass is 374 g/mol. The van der Waals surface area contributed by atoms with E-state index < -0.39 is 0 Å². The van der Waals surface area contributed by atoms with Crippen LogP contribution in [0.25, 0.3) is 17.0 Å². The Kier molecular flexibility index (Phi) is 4.03. The lowest BCUT2D eigenvalue weighted by Crippen LogP contribution is -2.24. The lowest BCUT2D eigenvalue weighted by molar-refractivity contribution is 0.418. The van der Waals surface area contributed by atoms with E-state index in [1.165, 1.54) is 24.8 Å². The van der Waals surface area contributed by atoms with Gasteiger partial charge in [0.05, 0.1) is 6.54 Å². The highest BCUT2D eigenvalue weighted by Gasteiger charge is 2.27. The average Bonchev–Trinajstić information content (AvgIpc) is 3.26. The molecule has 1 aliphatic rings. The first kappa shape index (κ1) is 16.9. The summed E-state index contributed by atoms with van der Waals surface area (Å²) < 4.78 is 3.56. The molecule has 0 N–H and O–H groups in total. The van der Waals surface area contributed by atoms with Crippen LogP contribution in [0.4, 0.5) is 5.82 Å². The zero-order chi connectivity index (χ0) is 19.1. The maximum absolute atomic E-state index is 4.97. The van der Waals surface area contributed by atoms with Crippen molar-refractivity contribution in [1.82, 2.24) is 34.6 Å². The summed E-state index contributed by atoms with van der Waals surface area (Å²) in [5, 5.41) is 18.2. The largest absolute Gasteiger partial charge is 0.350 e. The van der Waals surface area contributed by atoms with Gasteiger partial charge in [-0.1, -0.05) is 36.8 Å². The summed E-state index contributed by atoms with van der Waals surface area (Å²) in [6.45, 7) is 0.599. The van der Waals surface area contributed by atoms with Crippen LogP contribution < -0.4 is 4.90 Å². The number of hydrogen-bond donors (Lipinski definition) is 0. The molecule has 0 spiro atoms. The van der Waals surface area contributed by atoms with Gasteiger partial charge in [0.25, 0.3) is 0 Å². The molecule has 0 aliphatic heterocycles. The molecule has 0 amide bonds. The molecule has 5 rings (SSSR count). The number of fused-ring (bicyclic) bond motifs is 1. The first-order valence-electron chi connectivity index (χ1n) is 9.56. The van der Waals surface area contributed by atoms with E-state index in [4.69, 9.17) is 5.10 Å². The molecule has 8 nitrogen and oxygen atoms in total. The summed E-state index contributed by atoms with van der Waals surface area (Å²) in [4.78, 5) is 6.48. The van der Waals surface area contributed by atoms with Gasteiger partial charge >= 0.3 is 0 Å². The van der Waals surface area contributed by atoms with Crippen molar-refractivity contribution < 1.29 is 0 Å². The Morgan fingerprint density at radius 2 is 1.93 bits per heavy atom. The zero-order valence-electron chi connectivity index (χ0n) is 16.0. The van der Waals surface area contributed by atoms with E-state index in [9.17, 15) is 0 Å². The van der Waals surface area contributed by atoms with Crippen molar-refractivity contribution in [3.05, 3.63) is 54.1 Å². The first-order valence-corrected chi connectivity index (χ1v) is 9.56. The van der Waals surface area contributed by atoms with Crippen molar-refractivity contribution in [2.45, 2.75) is 31.7 Å². The van der Waals surface area contributed by atoms with Crippen LogP contribution in [-0.2, 0) is 13.6 Å². The van der Waals surface area contributed by atoms with Crippen LogP contribution >= 0.6 is 0 Å². The van der Waals surface area contributed by atoms with Crippen molar-refractivity contribution in [2.24, 2.45) is 7.05 Å². The lowest BCUT2D eigenvalue weighted by atomic mass is 9.80. The van der Waals surface area contributed by atoms with Crippen LogP contribution in [0.15, 0.2) is 42.7 Å². The fourth-order valence-corrected chi connectivity index (χ4v) is 3.66. The van der Waals surface area contributed by atoms with Gasteiger partial charge in [-0.2, -0.15) is 9.61 Å². The number of rotatable bonds is 5. The maximum atomic E-state index is 4.97. The molecule has 0 atom stereocenters. The highest BCUT2D eigenvalue weighted by molar-refractivity contribution is 5.62. The van der Waals surface area contributed by atoms with Gasteiger partial charge in [0.15, 0.2) is 23.1 Å². The molecule has 1 saturated carbocycles. The van der Waals surface area contributed by atoms with Gasteiger partial charge in [-0.25, -0.2) is 4.98 Å². The number of aromatic nitrogens is 7. The third-order valence-electron chi connectivity index (χ3n) is 5.37. The second kappa shape index (κ2) is 6.70. The fraction of sp³-hybridized carbons (Fsp3) is 0.350. The minimum Gasteiger partial charge on any atom is -0.350 e. The molecule has 3 heterocycles. The predicted octanol–water partition coefficient (Wildman–Crippen LogP) is 2.82. The molecule has 28 heavy (non-hydrogen) atoms. The van der Waals surface area contributed by atoms with E-state index in [0.717, 1.165) is 28.7 Å². The smallest absolute Gasteiger partial charge is 0.185 e. The standard InChI is InChI=1S/C20H22N8/c1-26(12-17-21-13-27(2)24-17)20-16(14-9-6-10-14)11-18-22-23-19(28(18)25-20)15-7-4-3-5-8-15/h3-5,7-8,11,13-14H,6,9-10,12H2,1-2H3. The second-order valence-electron chi connectivity index (χ2n) is 7.40. The summed E-state index contributed by atoms with van der Waals surface area (Å²) >= 11 is 0. The van der Waals surface area contributed by atoms with Gasteiger partial charge in [-0.15, -0.1) is 15.3 Å². The van der Waals surface area contributed by atoms with Gasteiger partial charge in [-0.05, 0) is 24.8 Å². The Bertz CT molecular complexity index is 1110. The quantitative estimate of drug-likeness (QED) is 0.535. The van der Waals surface area contributed by atoms with E-state index in [1.54, 1.807) is 11.0 Å². The number of anilines is 1. The van der Waals surface area contributed by atoms with Gasteiger partial charge in [-0.3, -0.25) is 4.68 Å². The normalized spacial score (nSPS) is 14.4. The molecule has 0 saturated heterocycles. The minimum absolute atomic E-state index is 0.531. The summed E-state index contributed by atoms with van der Waals surface area (Å²) in [5.41, 5.74) is 3.02. The fourth-order valence-electron chi connectivity index (χ4n) is 3.66. The Labute approximate surface area is 162 Å². The van der Waals surface area contributed by atoms with Gasteiger partial charge in [0, 0.05) is 25.2 Å². The van der Waals surface area contributed by atoms with Crippen LogP contribution in [0.1, 0.15) is 36.6 Å². The molecule has 0 unspecified atom stereocenters. The summed E-state index contributed by atoms with van der Waals surface area (Å²) in [6.07, 6.45) is 5.38. The second-order valence-corrected chi connectivity index (χ2v) is 7.40. The topological polar surface area (TPSA) is 77.0 Å². The van der Waals surface area contributed by atoms with Crippen molar-refractivity contribution in [2.75, 3.05) is 11.9 Å². The Morgan fingerprint density at radius 1 is 1.11 bits per heavy atom. The predicted molar refractivity (Wildman–Crippen MR) is 106 cm³/mol. The Morgan fingerprint density at radius 3 is 2.61 bits per heavy atom. The van der Waals surface area contributed by atoms with E-state index in [1.807, 2.05) is 48.9 Å².